The molecule has 86 valence electrons. The molecule has 0 atom stereocenters. The van der Waals surface area contributed by atoms with E-state index in [-0.39, 0.29) is 11.7 Å². The molecule has 5 nitrogen and oxygen atoms in total. The molecule has 2 aromatic rings. The lowest BCUT2D eigenvalue weighted by atomic mass is 10.3. The van der Waals surface area contributed by atoms with Crippen molar-refractivity contribution < 1.29 is 4.79 Å². The number of fused-ring (bicyclic) bond motifs is 1. The molecule has 1 aromatic carbocycles. The van der Waals surface area contributed by atoms with Crippen LogP contribution in [0.4, 0.5) is 0 Å². The highest BCUT2D eigenvalue weighted by Gasteiger charge is 2.22. The molecular formula is C12H12N4O. The van der Waals surface area contributed by atoms with E-state index in [0.717, 1.165) is 6.54 Å². The van der Waals surface area contributed by atoms with Crippen molar-refractivity contribution >= 4 is 16.9 Å². The van der Waals surface area contributed by atoms with Gasteiger partial charge in [0.25, 0.3) is 5.91 Å². The number of nitrogens with zero attached hydrogens (tertiary/aromatic N) is 3. The Kier molecular flexibility index (Phi) is 2.44. The van der Waals surface area contributed by atoms with Crippen molar-refractivity contribution in [1.29, 1.82) is 0 Å². The van der Waals surface area contributed by atoms with Crippen molar-refractivity contribution in [2.75, 3.05) is 6.54 Å². The molecule has 1 saturated carbocycles. The molecule has 1 amide bonds. The first-order chi connectivity index (χ1) is 8.33. The molecule has 0 bridgehead atoms. The van der Waals surface area contributed by atoms with Gasteiger partial charge in [0.1, 0.15) is 5.52 Å². The molecule has 0 radical (unpaired) electrons. The van der Waals surface area contributed by atoms with Crippen molar-refractivity contribution in [1.82, 2.24) is 20.5 Å². The van der Waals surface area contributed by atoms with Crippen LogP contribution >= 0.6 is 0 Å². The molecule has 0 spiro atoms. The average Bonchev–Trinajstić information content (AvgIpc) is 3.19. The second kappa shape index (κ2) is 4.08. The fraction of sp³-hybridized carbons (Fsp3) is 0.333. The molecule has 1 aliphatic carbocycles. The monoisotopic (exact) mass is 228 g/mol. The summed E-state index contributed by atoms with van der Waals surface area (Å²) in [7, 11) is 0. The minimum absolute atomic E-state index is 0.143. The van der Waals surface area contributed by atoms with E-state index in [2.05, 4.69) is 20.5 Å². The van der Waals surface area contributed by atoms with E-state index in [0.29, 0.717) is 17.0 Å². The zero-order valence-corrected chi connectivity index (χ0v) is 9.26. The summed E-state index contributed by atoms with van der Waals surface area (Å²) in [6.45, 7) is 0.717. The minimum atomic E-state index is -0.241. The van der Waals surface area contributed by atoms with E-state index in [9.17, 15) is 4.79 Å². The van der Waals surface area contributed by atoms with E-state index in [4.69, 9.17) is 0 Å². The Labute approximate surface area is 98.3 Å². The van der Waals surface area contributed by atoms with Gasteiger partial charge in [-0.3, -0.25) is 4.79 Å². The number of nitrogens with one attached hydrogen (secondary N) is 1. The molecule has 0 aliphatic heterocycles. The Morgan fingerprint density at radius 1 is 1.24 bits per heavy atom. The molecule has 1 heterocycles. The van der Waals surface area contributed by atoms with E-state index >= 15 is 0 Å². The molecule has 0 unspecified atom stereocenters. The summed E-state index contributed by atoms with van der Waals surface area (Å²) >= 11 is 0. The molecular weight excluding hydrogens is 216 g/mol. The van der Waals surface area contributed by atoms with Crippen LogP contribution in [-0.4, -0.2) is 27.6 Å². The Balaban J connectivity index is 1.81. The maximum Gasteiger partial charge on any atom is 0.291 e. The molecule has 5 heteroatoms. The summed E-state index contributed by atoms with van der Waals surface area (Å²) in [5.74, 6) is 0.548. The van der Waals surface area contributed by atoms with Gasteiger partial charge in [-0.05, 0) is 30.9 Å². The molecule has 1 N–H and O–H groups in total. The average molecular weight is 228 g/mol. The number of amides is 1. The molecule has 1 aliphatic rings. The van der Waals surface area contributed by atoms with E-state index in [1.165, 1.54) is 12.8 Å². The highest BCUT2D eigenvalue weighted by atomic mass is 16.2. The van der Waals surface area contributed by atoms with Crippen molar-refractivity contribution in [2.24, 2.45) is 5.92 Å². The van der Waals surface area contributed by atoms with Gasteiger partial charge in [-0.1, -0.05) is 12.1 Å². The Hall–Kier alpha value is -2.04. The molecule has 0 saturated heterocycles. The van der Waals surface area contributed by atoms with Gasteiger partial charge >= 0.3 is 0 Å². The Morgan fingerprint density at radius 2 is 2.00 bits per heavy atom. The zero-order chi connectivity index (χ0) is 11.7. The van der Waals surface area contributed by atoms with Crippen LogP contribution < -0.4 is 5.32 Å². The van der Waals surface area contributed by atoms with Gasteiger partial charge in [-0.2, -0.15) is 0 Å². The Morgan fingerprint density at radius 3 is 2.76 bits per heavy atom. The van der Waals surface area contributed by atoms with Crippen molar-refractivity contribution in [3.05, 3.63) is 30.1 Å². The summed E-state index contributed by atoms with van der Waals surface area (Å²) in [5.41, 5.74) is 1.39. The smallest absolute Gasteiger partial charge is 0.291 e. The van der Waals surface area contributed by atoms with Gasteiger partial charge in [-0.15, -0.1) is 10.2 Å². The van der Waals surface area contributed by atoms with Gasteiger partial charge in [0.05, 0.1) is 5.52 Å². The van der Waals surface area contributed by atoms with E-state index in [1.807, 2.05) is 24.3 Å². The van der Waals surface area contributed by atoms with Crippen LogP contribution in [-0.2, 0) is 0 Å². The first-order valence-corrected chi connectivity index (χ1v) is 5.70. The summed E-state index contributed by atoms with van der Waals surface area (Å²) < 4.78 is 0. The van der Waals surface area contributed by atoms with Crippen molar-refractivity contribution in [3.8, 4) is 0 Å². The summed E-state index contributed by atoms with van der Waals surface area (Å²) in [4.78, 5) is 15.9. The van der Waals surface area contributed by atoms with Crippen LogP contribution in [0.1, 0.15) is 23.5 Å². The maximum atomic E-state index is 11.7. The van der Waals surface area contributed by atoms with Gasteiger partial charge in [0, 0.05) is 6.54 Å². The number of benzene rings is 1. The molecule has 3 rings (SSSR count). The number of carbonyl (C=O) groups excluding carboxylic acids is 1. The number of carbonyl (C=O) groups is 1. The minimum Gasteiger partial charge on any atom is -0.349 e. The van der Waals surface area contributed by atoms with E-state index in [1.54, 1.807) is 0 Å². The normalized spacial score (nSPS) is 14.8. The van der Waals surface area contributed by atoms with Crippen LogP contribution in [0.2, 0.25) is 0 Å². The van der Waals surface area contributed by atoms with Crippen LogP contribution in [0.5, 0.6) is 0 Å². The SMILES string of the molecule is O=C(NCC1CC1)c1nnc2ccccc2n1. The first kappa shape index (κ1) is 10.1. The zero-order valence-electron chi connectivity index (χ0n) is 9.26. The highest BCUT2D eigenvalue weighted by Crippen LogP contribution is 2.27. The van der Waals surface area contributed by atoms with Crippen molar-refractivity contribution in [3.63, 3.8) is 0 Å². The third kappa shape index (κ3) is 2.22. The predicted octanol–water partition coefficient (Wildman–Crippen LogP) is 1.16. The number of hydrogen-bond acceptors (Lipinski definition) is 4. The van der Waals surface area contributed by atoms with Crippen LogP contribution in [0.25, 0.3) is 11.0 Å². The summed E-state index contributed by atoms with van der Waals surface area (Å²) in [6, 6.07) is 7.37. The second-order valence-electron chi connectivity index (χ2n) is 4.28. The lowest BCUT2D eigenvalue weighted by Crippen LogP contribution is -2.27. The molecule has 1 aromatic heterocycles. The third-order valence-electron chi connectivity index (χ3n) is 2.81. The fourth-order valence-corrected chi connectivity index (χ4v) is 1.62. The maximum absolute atomic E-state index is 11.7. The van der Waals surface area contributed by atoms with Crippen LogP contribution in [0.15, 0.2) is 24.3 Å². The number of para-hydroxylation sites is 1. The largest absolute Gasteiger partial charge is 0.349 e. The van der Waals surface area contributed by atoms with Crippen molar-refractivity contribution in [2.45, 2.75) is 12.8 Å². The topological polar surface area (TPSA) is 67.8 Å². The van der Waals surface area contributed by atoms with Crippen LogP contribution in [0, 0.1) is 5.92 Å². The fourth-order valence-electron chi connectivity index (χ4n) is 1.62. The highest BCUT2D eigenvalue weighted by molar-refractivity contribution is 5.91. The number of rotatable bonds is 3. The van der Waals surface area contributed by atoms with Gasteiger partial charge in [0.2, 0.25) is 5.82 Å². The summed E-state index contributed by atoms with van der Waals surface area (Å²) in [5, 5.41) is 10.6. The molecule has 1 fully saturated rings. The van der Waals surface area contributed by atoms with Gasteiger partial charge < -0.3 is 5.32 Å². The Bertz CT molecular complexity index is 565. The van der Waals surface area contributed by atoms with E-state index < -0.39 is 0 Å². The first-order valence-electron chi connectivity index (χ1n) is 5.70. The van der Waals surface area contributed by atoms with Gasteiger partial charge in [-0.25, -0.2) is 4.98 Å². The standard InChI is InChI=1S/C12H12N4O/c17-12(13-7-8-5-6-8)11-14-9-3-1-2-4-10(9)15-16-11/h1-4,8H,5-7H2,(H,13,17). The lowest BCUT2D eigenvalue weighted by Gasteiger charge is -2.02. The predicted molar refractivity (Wildman–Crippen MR) is 62.4 cm³/mol. The van der Waals surface area contributed by atoms with Crippen LogP contribution in [0.3, 0.4) is 0 Å². The second-order valence-corrected chi connectivity index (χ2v) is 4.28. The lowest BCUT2D eigenvalue weighted by molar-refractivity contribution is 0.0940. The molecule has 17 heavy (non-hydrogen) atoms. The third-order valence-corrected chi connectivity index (χ3v) is 2.81. The quantitative estimate of drug-likeness (QED) is 0.856. The number of hydrogen-bond donors (Lipinski definition) is 1. The number of aromatic nitrogens is 3. The van der Waals surface area contributed by atoms with Gasteiger partial charge in [0.15, 0.2) is 0 Å². The summed E-state index contributed by atoms with van der Waals surface area (Å²) in [6.07, 6.45) is 2.41.